The molecule has 3 aromatic rings. The first-order valence-corrected chi connectivity index (χ1v) is 6.27. The lowest BCUT2D eigenvalue weighted by Gasteiger charge is -2.03. The lowest BCUT2D eigenvalue weighted by molar-refractivity contribution is 0.101. The minimum absolute atomic E-state index is 0.0479. The number of nitrogens with one attached hydrogen (secondary N) is 1. The number of hydrogen-bond donors (Lipinski definition) is 1. The maximum Gasteiger partial charge on any atom is 0.295 e. The Bertz CT molecular complexity index is 798. The van der Waals surface area contributed by atoms with Gasteiger partial charge >= 0.3 is 0 Å². The molecular formula is C13H10ClN5O. The van der Waals surface area contributed by atoms with Gasteiger partial charge in [-0.2, -0.15) is 4.98 Å². The molecule has 0 saturated carbocycles. The predicted molar refractivity (Wildman–Crippen MR) is 74.9 cm³/mol. The van der Waals surface area contributed by atoms with Gasteiger partial charge in [0.05, 0.1) is 10.7 Å². The molecule has 0 spiro atoms. The van der Waals surface area contributed by atoms with Gasteiger partial charge in [-0.15, -0.1) is 5.10 Å². The highest BCUT2D eigenvalue weighted by atomic mass is 35.5. The van der Waals surface area contributed by atoms with Crippen LogP contribution in [0, 0.1) is 6.92 Å². The number of hydrogen-bond acceptors (Lipinski definition) is 4. The van der Waals surface area contributed by atoms with Gasteiger partial charge in [-0.25, -0.2) is 9.50 Å². The van der Waals surface area contributed by atoms with E-state index in [0.29, 0.717) is 16.5 Å². The van der Waals surface area contributed by atoms with Gasteiger partial charge in [0, 0.05) is 11.9 Å². The first-order chi connectivity index (χ1) is 9.65. The maximum atomic E-state index is 12.1. The van der Waals surface area contributed by atoms with Crippen LogP contribution < -0.4 is 5.32 Å². The summed E-state index contributed by atoms with van der Waals surface area (Å²) in [5, 5.41) is 7.25. The Morgan fingerprint density at radius 1 is 1.30 bits per heavy atom. The van der Waals surface area contributed by atoms with E-state index in [1.54, 1.807) is 36.5 Å². The van der Waals surface area contributed by atoms with E-state index in [4.69, 9.17) is 11.6 Å². The van der Waals surface area contributed by atoms with E-state index in [-0.39, 0.29) is 5.82 Å². The number of anilines is 1. The minimum Gasteiger partial charge on any atom is -0.318 e. The molecule has 1 aromatic carbocycles. The number of fused-ring (bicyclic) bond motifs is 1. The van der Waals surface area contributed by atoms with Crippen LogP contribution in [-0.2, 0) is 0 Å². The van der Waals surface area contributed by atoms with Gasteiger partial charge < -0.3 is 5.32 Å². The van der Waals surface area contributed by atoms with Gasteiger partial charge in [-0.1, -0.05) is 23.7 Å². The lowest BCUT2D eigenvalue weighted by Crippen LogP contribution is -2.14. The Kier molecular flexibility index (Phi) is 3.08. The van der Waals surface area contributed by atoms with E-state index in [2.05, 4.69) is 20.4 Å². The number of aromatic nitrogens is 4. The van der Waals surface area contributed by atoms with Crippen LogP contribution in [0.4, 0.5) is 5.69 Å². The van der Waals surface area contributed by atoms with Crippen LogP contribution >= 0.6 is 11.6 Å². The quantitative estimate of drug-likeness (QED) is 0.785. The highest BCUT2D eigenvalue weighted by Crippen LogP contribution is 2.20. The van der Waals surface area contributed by atoms with Crippen molar-refractivity contribution >= 4 is 29.0 Å². The SMILES string of the molecule is Cc1ccnc2nc(C(=O)Nc3ccccc3Cl)nn12. The number of nitrogens with zero attached hydrogens (tertiary/aromatic N) is 4. The standard InChI is InChI=1S/C13H10ClN5O/c1-8-6-7-15-13-17-11(18-19(8)13)12(20)16-10-5-3-2-4-9(10)14/h2-7H,1H3,(H,16,20). The fraction of sp³-hybridized carbons (Fsp3) is 0.0769. The van der Waals surface area contributed by atoms with Crippen LogP contribution in [0.15, 0.2) is 36.5 Å². The third kappa shape index (κ3) is 2.21. The number of carbonyl (C=O) groups is 1. The summed E-state index contributed by atoms with van der Waals surface area (Å²) in [5.74, 6) is 0.00373. The molecule has 0 aliphatic carbocycles. The minimum atomic E-state index is -0.428. The fourth-order valence-corrected chi connectivity index (χ4v) is 1.93. The van der Waals surface area contributed by atoms with E-state index < -0.39 is 5.91 Å². The molecule has 6 nitrogen and oxygen atoms in total. The first-order valence-electron chi connectivity index (χ1n) is 5.89. The molecule has 0 unspecified atom stereocenters. The number of carbonyl (C=O) groups excluding carboxylic acids is 1. The molecule has 1 amide bonds. The van der Waals surface area contributed by atoms with Crippen molar-refractivity contribution in [2.75, 3.05) is 5.32 Å². The van der Waals surface area contributed by atoms with E-state index in [0.717, 1.165) is 5.69 Å². The number of benzene rings is 1. The van der Waals surface area contributed by atoms with Crippen LogP contribution in [0.3, 0.4) is 0 Å². The third-order valence-electron chi connectivity index (χ3n) is 2.76. The highest BCUT2D eigenvalue weighted by Gasteiger charge is 2.15. The molecule has 0 aliphatic heterocycles. The van der Waals surface area contributed by atoms with Crippen LogP contribution in [-0.4, -0.2) is 25.5 Å². The number of para-hydroxylation sites is 1. The summed E-state index contributed by atoms with van der Waals surface area (Å²) < 4.78 is 1.52. The molecular weight excluding hydrogens is 278 g/mol. The Labute approximate surface area is 119 Å². The molecule has 0 bridgehead atoms. The summed E-state index contributed by atoms with van der Waals surface area (Å²) in [5.41, 5.74) is 1.36. The Morgan fingerprint density at radius 3 is 2.85 bits per heavy atom. The third-order valence-corrected chi connectivity index (χ3v) is 3.08. The summed E-state index contributed by atoms with van der Waals surface area (Å²) in [6.45, 7) is 1.86. The van der Waals surface area contributed by atoms with Crippen molar-refractivity contribution in [3.8, 4) is 0 Å². The molecule has 0 saturated heterocycles. The molecule has 0 fully saturated rings. The zero-order valence-electron chi connectivity index (χ0n) is 10.5. The van der Waals surface area contributed by atoms with Crippen molar-refractivity contribution < 1.29 is 4.79 Å². The van der Waals surface area contributed by atoms with Gasteiger partial charge in [0.15, 0.2) is 0 Å². The summed E-state index contributed by atoms with van der Waals surface area (Å²) in [6.07, 6.45) is 1.62. The number of halogens is 1. The average Bonchev–Trinajstić information content (AvgIpc) is 2.87. The normalized spacial score (nSPS) is 10.7. The molecule has 0 radical (unpaired) electrons. The molecule has 1 N–H and O–H groups in total. The van der Waals surface area contributed by atoms with Crippen molar-refractivity contribution in [2.24, 2.45) is 0 Å². The predicted octanol–water partition coefficient (Wildman–Crippen LogP) is 2.34. The van der Waals surface area contributed by atoms with Crippen LogP contribution in [0.25, 0.3) is 5.78 Å². The van der Waals surface area contributed by atoms with Crippen molar-refractivity contribution in [3.63, 3.8) is 0 Å². The molecule has 20 heavy (non-hydrogen) atoms. The van der Waals surface area contributed by atoms with E-state index in [1.165, 1.54) is 4.52 Å². The molecule has 3 rings (SSSR count). The van der Waals surface area contributed by atoms with Crippen LogP contribution in [0.5, 0.6) is 0 Å². The van der Waals surface area contributed by atoms with Crippen molar-refractivity contribution in [1.29, 1.82) is 0 Å². The zero-order chi connectivity index (χ0) is 14.1. The van der Waals surface area contributed by atoms with Gasteiger partial charge in [-0.3, -0.25) is 4.79 Å². The Hall–Kier alpha value is -2.47. The molecule has 0 aliphatic rings. The largest absolute Gasteiger partial charge is 0.318 e. The second-order valence-electron chi connectivity index (χ2n) is 4.17. The van der Waals surface area contributed by atoms with E-state index >= 15 is 0 Å². The number of aryl methyl sites for hydroxylation is 1. The monoisotopic (exact) mass is 287 g/mol. The Balaban J connectivity index is 1.93. The second kappa shape index (κ2) is 4.90. The van der Waals surface area contributed by atoms with E-state index in [1.807, 2.05) is 6.92 Å². The van der Waals surface area contributed by atoms with Crippen molar-refractivity contribution in [2.45, 2.75) is 6.92 Å². The number of amides is 1. The zero-order valence-corrected chi connectivity index (χ0v) is 11.3. The highest BCUT2D eigenvalue weighted by molar-refractivity contribution is 6.33. The fourth-order valence-electron chi connectivity index (χ4n) is 1.74. The van der Waals surface area contributed by atoms with E-state index in [9.17, 15) is 4.79 Å². The summed E-state index contributed by atoms with van der Waals surface area (Å²) in [4.78, 5) is 20.2. The lowest BCUT2D eigenvalue weighted by atomic mass is 10.3. The van der Waals surface area contributed by atoms with Gasteiger partial charge in [0.1, 0.15) is 0 Å². The maximum absolute atomic E-state index is 12.1. The summed E-state index contributed by atoms with van der Waals surface area (Å²) >= 11 is 5.99. The molecule has 2 heterocycles. The van der Waals surface area contributed by atoms with Crippen LogP contribution in [0.1, 0.15) is 16.3 Å². The van der Waals surface area contributed by atoms with Crippen molar-refractivity contribution in [1.82, 2.24) is 19.6 Å². The number of rotatable bonds is 2. The molecule has 7 heteroatoms. The smallest absolute Gasteiger partial charge is 0.295 e. The second-order valence-corrected chi connectivity index (χ2v) is 4.57. The van der Waals surface area contributed by atoms with Crippen LogP contribution in [0.2, 0.25) is 5.02 Å². The Morgan fingerprint density at radius 2 is 2.10 bits per heavy atom. The first kappa shape index (κ1) is 12.6. The summed E-state index contributed by atoms with van der Waals surface area (Å²) in [6, 6.07) is 8.76. The van der Waals surface area contributed by atoms with Crippen molar-refractivity contribution in [3.05, 3.63) is 53.1 Å². The average molecular weight is 288 g/mol. The van der Waals surface area contributed by atoms with Gasteiger partial charge in [0.25, 0.3) is 11.7 Å². The molecule has 0 atom stereocenters. The topological polar surface area (TPSA) is 72.2 Å². The molecule has 100 valence electrons. The molecule has 2 aromatic heterocycles. The van der Waals surface area contributed by atoms with Gasteiger partial charge in [-0.05, 0) is 25.1 Å². The summed E-state index contributed by atoms with van der Waals surface area (Å²) in [7, 11) is 0. The van der Waals surface area contributed by atoms with Gasteiger partial charge in [0.2, 0.25) is 5.82 Å².